The number of para-hydroxylation sites is 1. The molecule has 7 nitrogen and oxygen atoms in total. The van der Waals surface area contributed by atoms with Gasteiger partial charge in [0.15, 0.2) is 17.3 Å². The van der Waals surface area contributed by atoms with Crippen molar-refractivity contribution in [3.63, 3.8) is 0 Å². The summed E-state index contributed by atoms with van der Waals surface area (Å²) in [6.45, 7) is 3.63. The van der Waals surface area contributed by atoms with E-state index < -0.39 is 0 Å². The smallest absolute Gasteiger partial charge is 0.163 e. The van der Waals surface area contributed by atoms with E-state index in [2.05, 4.69) is 31.7 Å². The molecule has 0 aliphatic carbocycles. The van der Waals surface area contributed by atoms with Crippen LogP contribution in [0.3, 0.4) is 0 Å². The number of nitrogens with zero attached hydrogens (tertiary/aromatic N) is 4. The summed E-state index contributed by atoms with van der Waals surface area (Å²) in [6, 6.07) is 8.12. The Bertz CT molecular complexity index is 891. The lowest BCUT2D eigenvalue weighted by molar-refractivity contribution is 0.351. The summed E-state index contributed by atoms with van der Waals surface area (Å²) in [4.78, 5) is 4.55. The molecule has 0 unspecified atom stereocenters. The standard InChI is InChI=1S/C20H25N5O2/c1-26-18-6-3-5-15(19(18)27-2)7-11-24-12-9-22-20(24)17-13-16-14-21-8-4-10-25(16)23-17/h3,5-6,9,12-13,21H,4,7-8,10-11,14H2,1-2H3. The molecular weight excluding hydrogens is 342 g/mol. The highest BCUT2D eigenvalue weighted by Gasteiger charge is 2.16. The largest absolute Gasteiger partial charge is 0.493 e. The lowest BCUT2D eigenvalue weighted by Crippen LogP contribution is -2.11. The fraction of sp³-hybridized carbons (Fsp3) is 0.400. The third kappa shape index (κ3) is 3.55. The monoisotopic (exact) mass is 367 g/mol. The quantitative estimate of drug-likeness (QED) is 0.725. The normalized spacial score (nSPS) is 13.9. The van der Waals surface area contributed by atoms with Gasteiger partial charge in [0.05, 0.1) is 19.9 Å². The number of hydrogen-bond donors (Lipinski definition) is 1. The van der Waals surface area contributed by atoms with Crippen molar-refractivity contribution in [2.24, 2.45) is 0 Å². The highest BCUT2D eigenvalue weighted by Crippen LogP contribution is 2.31. The van der Waals surface area contributed by atoms with Crippen LogP contribution in [0, 0.1) is 0 Å². The maximum Gasteiger partial charge on any atom is 0.163 e. The fourth-order valence-electron chi connectivity index (χ4n) is 3.59. The van der Waals surface area contributed by atoms with E-state index in [0.717, 1.165) is 67.6 Å². The Kier molecular flexibility index (Phi) is 5.11. The van der Waals surface area contributed by atoms with Gasteiger partial charge in [-0.1, -0.05) is 12.1 Å². The van der Waals surface area contributed by atoms with Crippen molar-refractivity contribution >= 4 is 0 Å². The highest BCUT2D eigenvalue weighted by molar-refractivity contribution is 5.51. The fourth-order valence-corrected chi connectivity index (χ4v) is 3.59. The molecule has 3 heterocycles. The number of aromatic nitrogens is 4. The van der Waals surface area contributed by atoms with E-state index in [4.69, 9.17) is 14.6 Å². The Labute approximate surface area is 158 Å². The van der Waals surface area contributed by atoms with Crippen molar-refractivity contribution in [3.05, 3.63) is 47.9 Å². The van der Waals surface area contributed by atoms with E-state index in [1.54, 1.807) is 14.2 Å². The molecule has 4 rings (SSSR count). The van der Waals surface area contributed by atoms with Crippen LogP contribution in [0.15, 0.2) is 36.7 Å². The van der Waals surface area contributed by atoms with Crippen LogP contribution in [0.4, 0.5) is 0 Å². The first-order chi connectivity index (χ1) is 13.3. The average Bonchev–Trinajstić information content (AvgIpc) is 3.27. The third-order valence-electron chi connectivity index (χ3n) is 4.94. The van der Waals surface area contributed by atoms with Gasteiger partial charge in [0.1, 0.15) is 5.69 Å². The Hall–Kier alpha value is -2.80. The topological polar surface area (TPSA) is 66.1 Å². The Morgan fingerprint density at radius 3 is 3.00 bits per heavy atom. The molecule has 0 atom stereocenters. The number of fused-ring (bicyclic) bond motifs is 1. The Morgan fingerprint density at radius 1 is 1.22 bits per heavy atom. The van der Waals surface area contributed by atoms with Crippen LogP contribution < -0.4 is 14.8 Å². The minimum atomic E-state index is 0.756. The number of nitrogens with one attached hydrogen (secondary N) is 1. The minimum Gasteiger partial charge on any atom is -0.493 e. The number of aryl methyl sites for hydroxylation is 3. The predicted molar refractivity (Wildman–Crippen MR) is 103 cm³/mol. The van der Waals surface area contributed by atoms with E-state index >= 15 is 0 Å². The van der Waals surface area contributed by atoms with Gasteiger partial charge in [-0.15, -0.1) is 0 Å². The van der Waals surface area contributed by atoms with Crippen LogP contribution in [-0.2, 0) is 26.1 Å². The van der Waals surface area contributed by atoms with Crippen LogP contribution in [0.2, 0.25) is 0 Å². The van der Waals surface area contributed by atoms with Crippen molar-refractivity contribution in [2.45, 2.75) is 32.5 Å². The lowest BCUT2D eigenvalue weighted by atomic mass is 10.1. The van der Waals surface area contributed by atoms with Gasteiger partial charge in [-0.3, -0.25) is 4.68 Å². The molecule has 1 aliphatic rings. The molecule has 0 saturated carbocycles. The lowest BCUT2D eigenvalue weighted by Gasteiger charge is -2.13. The number of hydrogen-bond acceptors (Lipinski definition) is 5. The molecule has 1 N–H and O–H groups in total. The summed E-state index contributed by atoms with van der Waals surface area (Å²) in [6.07, 6.45) is 5.75. The number of benzene rings is 1. The van der Waals surface area contributed by atoms with Gasteiger partial charge in [-0.25, -0.2) is 4.98 Å². The van der Waals surface area contributed by atoms with Gasteiger partial charge in [0, 0.05) is 32.0 Å². The van der Waals surface area contributed by atoms with E-state index in [9.17, 15) is 0 Å². The molecular formula is C20H25N5O2. The molecule has 0 fully saturated rings. The molecule has 7 heteroatoms. The summed E-state index contributed by atoms with van der Waals surface area (Å²) in [5.74, 6) is 2.45. The van der Waals surface area contributed by atoms with Crippen LogP contribution in [0.25, 0.3) is 11.5 Å². The van der Waals surface area contributed by atoms with E-state index in [0.29, 0.717) is 0 Å². The second-order valence-corrected chi connectivity index (χ2v) is 6.62. The molecule has 0 saturated heterocycles. The number of methoxy groups -OCH3 is 2. The minimum absolute atomic E-state index is 0.756. The molecule has 27 heavy (non-hydrogen) atoms. The van der Waals surface area contributed by atoms with Gasteiger partial charge in [0.2, 0.25) is 0 Å². The molecule has 0 bridgehead atoms. The van der Waals surface area contributed by atoms with Crippen LogP contribution in [0.5, 0.6) is 11.5 Å². The molecule has 0 radical (unpaired) electrons. The number of ether oxygens (including phenoxy) is 2. The Balaban J connectivity index is 1.55. The maximum atomic E-state index is 5.55. The summed E-state index contributed by atoms with van der Waals surface area (Å²) < 4.78 is 15.2. The zero-order chi connectivity index (χ0) is 18.6. The second-order valence-electron chi connectivity index (χ2n) is 6.62. The number of imidazole rings is 1. The van der Waals surface area contributed by atoms with Crippen molar-refractivity contribution in [2.75, 3.05) is 20.8 Å². The van der Waals surface area contributed by atoms with Crippen LogP contribution in [0.1, 0.15) is 17.7 Å². The molecule has 0 amide bonds. The molecule has 3 aromatic rings. The molecule has 1 aliphatic heterocycles. The van der Waals surface area contributed by atoms with Gasteiger partial charge in [0.25, 0.3) is 0 Å². The summed E-state index contributed by atoms with van der Waals surface area (Å²) in [5.41, 5.74) is 3.25. The van der Waals surface area contributed by atoms with Crippen molar-refractivity contribution < 1.29 is 9.47 Å². The van der Waals surface area contributed by atoms with Gasteiger partial charge in [-0.2, -0.15) is 5.10 Å². The van der Waals surface area contributed by atoms with Crippen molar-refractivity contribution in [1.82, 2.24) is 24.6 Å². The number of rotatable bonds is 6. The maximum absolute atomic E-state index is 5.55. The first-order valence-electron chi connectivity index (χ1n) is 9.29. The SMILES string of the molecule is COc1cccc(CCn2ccnc2-c2cc3n(n2)CCCNC3)c1OC. The van der Waals surface area contributed by atoms with E-state index in [1.165, 1.54) is 5.69 Å². The second kappa shape index (κ2) is 7.84. The van der Waals surface area contributed by atoms with E-state index in [-0.39, 0.29) is 0 Å². The zero-order valence-electron chi connectivity index (χ0n) is 15.8. The van der Waals surface area contributed by atoms with Crippen LogP contribution in [-0.4, -0.2) is 40.1 Å². The summed E-state index contributed by atoms with van der Waals surface area (Å²) in [7, 11) is 3.34. The van der Waals surface area contributed by atoms with Crippen LogP contribution >= 0.6 is 0 Å². The summed E-state index contributed by atoms with van der Waals surface area (Å²) in [5, 5.41) is 8.21. The van der Waals surface area contributed by atoms with Gasteiger partial charge >= 0.3 is 0 Å². The Morgan fingerprint density at radius 2 is 2.15 bits per heavy atom. The predicted octanol–water partition coefficient (Wildman–Crippen LogP) is 2.50. The third-order valence-corrected chi connectivity index (χ3v) is 4.94. The first-order valence-corrected chi connectivity index (χ1v) is 9.29. The average molecular weight is 367 g/mol. The van der Waals surface area contributed by atoms with E-state index in [1.807, 2.05) is 24.5 Å². The molecule has 2 aromatic heterocycles. The van der Waals surface area contributed by atoms with Crippen molar-refractivity contribution in [3.8, 4) is 23.0 Å². The zero-order valence-corrected chi connectivity index (χ0v) is 15.8. The first kappa shape index (κ1) is 17.6. The molecule has 142 valence electrons. The van der Waals surface area contributed by atoms with Gasteiger partial charge < -0.3 is 19.4 Å². The molecule has 1 aromatic carbocycles. The highest BCUT2D eigenvalue weighted by atomic mass is 16.5. The van der Waals surface area contributed by atoms with Crippen molar-refractivity contribution in [1.29, 1.82) is 0 Å². The molecule has 0 spiro atoms. The summed E-state index contributed by atoms with van der Waals surface area (Å²) >= 11 is 0. The van der Waals surface area contributed by atoms with Gasteiger partial charge in [-0.05, 0) is 37.1 Å².